The van der Waals surface area contributed by atoms with Gasteiger partial charge in [-0.15, -0.1) is 0 Å². The van der Waals surface area contributed by atoms with Gasteiger partial charge in [-0.3, -0.25) is 14.4 Å². The second-order valence-electron chi connectivity index (χ2n) is 8.36. The van der Waals surface area contributed by atoms with Gasteiger partial charge >= 0.3 is 12.1 Å². The molecule has 0 fully saturated rings. The number of benzene rings is 1. The molecule has 2 aliphatic carbocycles. The van der Waals surface area contributed by atoms with Crippen molar-refractivity contribution in [3.05, 3.63) is 70.8 Å². The zero-order valence-electron chi connectivity index (χ0n) is 20.5. The Hall–Kier alpha value is -4.20. The van der Waals surface area contributed by atoms with Gasteiger partial charge < -0.3 is 14.2 Å². The van der Waals surface area contributed by atoms with E-state index in [4.69, 9.17) is 14.2 Å². The molecule has 0 radical (unpaired) electrons. The first-order valence-electron chi connectivity index (χ1n) is 11.9. The minimum absolute atomic E-state index is 0.0669. The predicted octanol–water partition coefficient (Wildman–Crippen LogP) is 5.19. The van der Waals surface area contributed by atoms with Gasteiger partial charge in [-0.05, 0) is 48.6 Å². The number of rotatable bonds is 8. The highest BCUT2D eigenvalue weighted by atomic mass is 16.7. The largest absolute Gasteiger partial charge is 0.513 e. The Bertz CT molecular complexity index is 1280. The Kier molecular flexibility index (Phi) is 7.33. The molecule has 1 aliphatic heterocycles. The van der Waals surface area contributed by atoms with Crippen LogP contribution in [0.25, 0.3) is 11.1 Å². The van der Waals surface area contributed by atoms with E-state index < -0.39 is 18.0 Å². The maximum Gasteiger partial charge on any atom is 0.513 e. The highest BCUT2D eigenvalue weighted by Gasteiger charge is 2.42. The molecule has 36 heavy (non-hydrogen) atoms. The average Bonchev–Trinajstić information content (AvgIpc) is 3.17. The molecule has 0 N–H and O–H groups in total. The van der Waals surface area contributed by atoms with Crippen molar-refractivity contribution in [3.63, 3.8) is 0 Å². The molecule has 0 aromatic heterocycles. The number of nitrogens with zero attached hydrogens (tertiary/aromatic N) is 1. The van der Waals surface area contributed by atoms with Crippen LogP contribution >= 0.6 is 0 Å². The Morgan fingerprint density at radius 3 is 2.08 bits per heavy atom. The van der Waals surface area contributed by atoms with Gasteiger partial charge in [0.05, 0.1) is 37.0 Å². The summed E-state index contributed by atoms with van der Waals surface area (Å²) >= 11 is 0. The van der Waals surface area contributed by atoms with Crippen LogP contribution in [0.3, 0.4) is 0 Å². The maximum absolute atomic E-state index is 13.4. The van der Waals surface area contributed by atoms with Gasteiger partial charge in [-0.2, -0.15) is 0 Å². The monoisotopic (exact) mass is 489 g/mol. The van der Waals surface area contributed by atoms with E-state index in [2.05, 4.69) is 0 Å². The van der Waals surface area contributed by atoms with E-state index in [-0.39, 0.29) is 30.4 Å². The Morgan fingerprint density at radius 1 is 0.861 bits per heavy atom. The number of fused-ring (bicyclic) bond motifs is 2. The van der Waals surface area contributed by atoms with Gasteiger partial charge in [-0.1, -0.05) is 49.7 Å². The molecular formula is C28H27NO7. The predicted molar refractivity (Wildman–Crippen MR) is 133 cm³/mol. The summed E-state index contributed by atoms with van der Waals surface area (Å²) < 4.78 is 15.5. The summed E-state index contributed by atoms with van der Waals surface area (Å²) in [6.45, 7) is 3.79. The molecule has 1 aromatic carbocycles. The molecule has 4 rings (SSSR count). The molecule has 0 spiro atoms. The topological polar surface area (TPSA) is 99.2 Å². The van der Waals surface area contributed by atoms with E-state index in [0.717, 1.165) is 17.7 Å². The molecule has 0 unspecified atom stereocenters. The van der Waals surface area contributed by atoms with Crippen LogP contribution in [0.5, 0.6) is 5.75 Å². The lowest BCUT2D eigenvalue weighted by atomic mass is 10.0. The Labute approximate surface area is 209 Å². The normalized spacial score (nSPS) is 12.6. The zero-order valence-corrected chi connectivity index (χ0v) is 20.5. The van der Waals surface area contributed by atoms with Gasteiger partial charge in [0.2, 0.25) is 0 Å². The van der Waals surface area contributed by atoms with Crippen LogP contribution < -0.4 is 9.64 Å². The van der Waals surface area contributed by atoms with Crippen molar-refractivity contribution in [2.75, 3.05) is 18.6 Å². The maximum atomic E-state index is 13.4. The van der Waals surface area contributed by atoms with Crippen molar-refractivity contribution in [3.8, 4) is 16.9 Å². The molecular weight excluding hydrogens is 462 g/mol. The van der Waals surface area contributed by atoms with Crippen LogP contribution in [-0.4, -0.2) is 37.7 Å². The number of methoxy groups -OCH3 is 1. The summed E-state index contributed by atoms with van der Waals surface area (Å²) in [6, 6.07) is 13.7. The molecule has 3 aliphatic rings. The minimum Gasteiger partial charge on any atom is -0.469 e. The van der Waals surface area contributed by atoms with Gasteiger partial charge in [0.15, 0.2) is 5.75 Å². The van der Waals surface area contributed by atoms with Crippen molar-refractivity contribution in [2.24, 2.45) is 0 Å². The van der Waals surface area contributed by atoms with Crippen molar-refractivity contribution in [1.29, 1.82) is 0 Å². The number of carbonyl (C=O) groups excluding carboxylic acids is 4. The molecule has 2 amide bonds. The first-order chi connectivity index (χ1) is 17.4. The van der Waals surface area contributed by atoms with Crippen molar-refractivity contribution < 1.29 is 33.4 Å². The van der Waals surface area contributed by atoms with Crippen LogP contribution in [0.15, 0.2) is 48.5 Å². The first kappa shape index (κ1) is 24.9. The minimum atomic E-state index is -0.939. The van der Waals surface area contributed by atoms with Gasteiger partial charge in [-0.25, -0.2) is 9.69 Å². The number of hydrogen-bond acceptors (Lipinski definition) is 7. The lowest BCUT2D eigenvalue weighted by Crippen LogP contribution is -2.30. The number of esters is 1. The van der Waals surface area contributed by atoms with Gasteiger partial charge in [0.25, 0.3) is 11.8 Å². The lowest BCUT2D eigenvalue weighted by Gasteiger charge is -2.17. The van der Waals surface area contributed by atoms with E-state index in [0.29, 0.717) is 39.8 Å². The zero-order chi connectivity index (χ0) is 25.8. The molecule has 1 heterocycles. The van der Waals surface area contributed by atoms with Gasteiger partial charge in [0, 0.05) is 5.56 Å². The fourth-order valence-electron chi connectivity index (χ4n) is 4.40. The first-order valence-corrected chi connectivity index (χ1v) is 11.9. The molecule has 8 heteroatoms. The second kappa shape index (κ2) is 10.6. The third-order valence-corrected chi connectivity index (χ3v) is 6.11. The van der Waals surface area contributed by atoms with Crippen LogP contribution in [-0.2, 0) is 27.1 Å². The third kappa shape index (κ3) is 4.54. The summed E-state index contributed by atoms with van der Waals surface area (Å²) in [5.41, 5.74) is 3.48. The Morgan fingerprint density at radius 2 is 1.50 bits per heavy atom. The fraction of sp³-hybridized carbons (Fsp3) is 0.286. The number of imide groups is 1. The van der Waals surface area contributed by atoms with Crippen molar-refractivity contribution in [1.82, 2.24) is 0 Å². The van der Waals surface area contributed by atoms with Crippen LogP contribution in [0.2, 0.25) is 0 Å². The summed E-state index contributed by atoms with van der Waals surface area (Å²) in [6.07, 6.45) is 1.32. The fourth-order valence-corrected chi connectivity index (χ4v) is 4.40. The van der Waals surface area contributed by atoms with E-state index in [1.54, 1.807) is 49.4 Å². The third-order valence-electron chi connectivity index (χ3n) is 6.11. The number of ether oxygens (including phenoxy) is 3. The summed E-state index contributed by atoms with van der Waals surface area (Å²) in [5.74, 6) is -1.27. The second-order valence-corrected chi connectivity index (χ2v) is 8.36. The average molecular weight is 490 g/mol. The quantitative estimate of drug-likeness (QED) is 0.317. The SMILES string of the molecule is CCCCc1c2ccc(CC(=O)OC)ccc-2c(OC(=O)OCC)c1N1C(=O)c2ccccc2C1=O. The number of hydrogen-bond donors (Lipinski definition) is 0. The molecule has 0 atom stereocenters. The van der Waals surface area contributed by atoms with E-state index in [1.165, 1.54) is 7.11 Å². The van der Waals surface area contributed by atoms with Crippen molar-refractivity contribution in [2.45, 2.75) is 39.5 Å². The van der Waals surface area contributed by atoms with E-state index >= 15 is 0 Å². The van der Waals surface area contributed by atoms with Crippen LogP contribution in [0, 0.1) is 0 Å². The molecule has 0 saturated heterocycles. The lowest BCUT2D eigenvalue weighted by molar-refractivity contribution is -0.139. The van der Waals surface area contributed by atoms with Crippen molar-refractivity contribution >= 4 is 29.6 Å². The molecule has 1 aromatic rings. The number of carbonyl (C=O) groups is 4. The molecule has 0 bridgehead atoms. The smallest absolute Gasteiger partial charge is 0.469 e. The summed E-state index contributed by atoms with van der Waals surface area (Å²) in [4.78, 5) is 52.2. The summed E-state index contributed by atoms with van der Waals surface area (Å²) in [5, 5.41) is 0. The highest BCUT2D eigenvalue weighted by molar-refractivity contribution is 6.35. The van der Waals surface area contributed by atoms with E-state index in [9.17, 15) is 19.2 Å². The number of anilines is 1. The molecule has 0 saturated carbocycles. The molecule has 8 nitrogen and oxygen atoms in total. The number of unbranched alkanes of at least 4 members (excludes halogenated alkanes) is 1. The van der Waals surface area contributed by atoms with E-state index in [1.807, 2.05) is 13.0 Å². The standard InChI is InChI=1S/C28H27NO7/c1-4-6-9-19-18-14-12-17(16-23(30)34-3)13-15-20(18)25(36-28(33)35-5-2)24(19)29-26(31)21-10-7-8-11-22(21)27(29)32/h7-8,10-15H,4-6,9,16H2,1-3H3. The number of amides is 2. The summed E-state index contributed by atoms with van der Waals surface area (Å²) in [7, 11) is 1.32. The highest BCUT2D eigenvalue weighted by Crippen LogP contribution is 2.50. The Balaban J connectivity index is 1.95. The van der Waals surface area contributed by atoms with Crippen LogP contribution in [0.1, 0.15) is 58.5 Å². The van der Waals surface area contributed by atoms with Crippen LogP contribution in [0.4, 0.5) is 10.5 Å². The van der Waals surface area contributed by atoms with Gasteiger partial charge in [0.1, 0.15) is 0 Å². The molecule has 186 valence electrons.